The largest absolute Gasteiger partial charge is 0.379 e. The van der Waals surface area contributed by atoms with Crippen molar-refractivity contribution in [3.63, 3.8) is 0 Å². The first-order chi connectivity index (χ1) is 18.5. The maximum absolute atomic E-state index is 10.0. The first-order valence-corrected chi connectivity index (χ1v) is 12.6. The average Bonchev–Trinajstić information content (AvgIpc) is 3.57. The third-order valence-corrected chi connectivity index (χ3v) is 7.22. The van der Waals surface area contributed by atoms with Gasteiger partial charge in [-0.25, -0.2) is 9.97 Å². The van der Waals surface area contributed by atoms with E-state index in [0.717, 1.165) is 34.8 Å². The maximum atomic E-state index is 10.0. The van der Waals surface area contributed by atoms with E-state index in [-0.39, 0.29) is 17.7 Å². The van der Waals surface area contributed by atoms with E-state index in [1.165, 1.54) is 6.20 Å². The minimum absolute atomic E-state index is 0.0624. The number of ether oxygens (including phenoxy) is 2. The lowest BCUT2D eigenvalue weighted by atomic mass is 10.0. The zero-order chi connectivity index (χ0) is 26.2. The summed E-state index contributed by atoms with van der Waals surface area (Å²) in [6, 6.07) is 16.3. The molecular weight excluding hydrogens is 484 g/mol. The molecule has 3 aliphatic rings. The highest BCUT2D eigenvalue weighted by Crippen LogP contribution is 2.38. The first-order valence-electron chi connectivity index (χ1n) is 12.6. The number of methoxy groups -OCH3 is 1. The zero-order valence-electron chi connectivity index (χ0n) is 21.3. The summed E-state index contributed by atoms with van der Waals surface area (Å²) < 4.78 is 15.2. The number of nitrogens with zero attached hydrogens (tertiary/aromatic N) is 6. The molecule has 0 aliphatic carbocycles. The molecular formula is C28H30N6O4. The van der Waals surface area contributed by atoms with E-state index in [1.807, 2.05) is 55.8 Å². The molecule has 6 rings (SSSR count). The van der Waals surface area contributed by atoms with E-state index in [4.69, 9.17) is 19.4 Å². The van der Waals surface area contributed by atoms with Crippen LogP contribution in [-0.4, -0.2) is 67.8 Å². The highest BCUT2D eigenvalue weighted by Gasteiger charge is 2.30. The zero-order valence-corrected chi connectivity index (χ0v) is 21.3. The van der Waals surface area contributed by atoms with Crippen molar-refractivity contribution in [2.24, 2.45) is 0 Å². The van der Waals surface area contributed by atoms with Gasteiger partial charge >= 0.3 is 0 Å². The lowest BCUT2D eigenvalue weighted by Crippen LogP contribution is -2.36. The van der Waals surface area contributed by atoms with Gasteiger partial charge in [0.25, 0.3) is 0 Å². The van der Waals surface area contributed by atoms with Crippen molar-refractivity contribution in [1.29, 1.82) is 0 Å². The summed E-state index contributed by atoms with van der Waals surface area (Å²) in [5.41, 5.74) is 4.24. The molecule has 2 aromatic heterocycles. The molecule has 0 spiro atoms. The van der Waals surface area contributed by atoms with Crippen LogP contribution in [0.2, 0.25) is 0 Å². The van der Waals surface area contributed by atoms with Gasteiger partial charge in [-0.15, -0.1) is 0 Å². The molecule has 0 radical (unpaired) electrons. The summed E-state index contributed by atoms with van der Waals surface area (Å²) >= 11 is 0. The molecule has 3 aliphatic heterocycles. The minimum atomic E-state index is -1.70. The third kappa shape index (κ3) is 4.31. The Kier molecular flexibility index (Phi) is 6.54. The predicted molar refractivity (Wildman–Crippen MR) is 142 cm³/mol. The van der Waals surface area contributed by atoms with Crippen LogP contribution in [0.1, 0.15) is 29.9 Å². The standard InChI is InChI=1S/C28H30N6O4/c1-32(16-18-7-4-3-5-8-18)25-13-22(31-27-21(28(35)36)15-30-34(25)27)20-14-29-26-19(20)9-6-11-33(26)23-10-12-38-17-24(23)37-2/h3-9,11,13-15,23-24,28,35-36H,10,12,16-17H2,1-2H3/t23-,24-/m0/s1. The van der Waals surface area contributed by atoms with Crippen molar-refractivity contribution in [2.75, 3.05) is 32.3 Å². The van der Waals surface area contributed by atoms with Gasteiger partial charge in [-0.1, -0.05) is 30.3 Å². The molecule has 1 fully saturated rings. The van der Waals surface area contributed by atoms with E-state index in [0.29, 0.717) is 31.1 Å². The Morgan fingerprint density at radius 2 is 1.97 bits per heavy atom. The summed E-state index contributed by atoms with van der Waals surface area (Å²) in [7, 11) is 3.69. The van der Waals surface area contributed by atoms with E-state index in [9.17, 15) is 10.2 Å². The van der Waals surface area contributed by atoms with Gasteiger partial charge in [0.15, 0.2) is 11.9 Å². The van der Waals surface area contributed by atoms with Gasteiger partial charge in [0, 0.05) is 56.9 Å². The Morgan fingerprint density at radius 3 is 2.76 bits per heavy atom. The molecule has 0 unspecified atom stereocenters. The molecule has 1 aromatic carbocycles. The number of hydrogen-bond acceptors (Lipinski definition) is 8. The van der Waals surface area contributed by atoms with Crippen LogP contribution in [0.4, 0.5) is 5.82 Å². The van der Waals surface area contributed by atoms with Crippen molar-refractivity contribution >= 4 is 11.5 Å². The fraction of sp³-hybridized carbons (Fsp3) is 0.321. The molecule has 196 valence electrons. The Balaban J connectivity index is 1.45. The Bertz CT molecular complexity index is 1510. The van der Waals surface area contributed by atoms with Gasteiger partial charge in [0.2, 0.25) is 0 Å². The molecule has 1 saturated heterocycles. The van der Waals surface area contributed by atoms with Gasteiger partial charge in [-0.2, -0.15) is 9.61 Å². The van der Waals surface area contributed by atoms with Crippen molar-refractivity contribution in [3.05, 3.63) is 78.2 Å². The van der Waals surface area contributed by atoms with E-state index >= 15 is 0 Å². The predicted octanol–water partition coefficient (Wildman–Crippen LogP) is 3.29. The van der Waals surface area contributed by atoms with Crippen LogP contribution in [0.15, 0.2) is 67.1 Å². The van der Waals surface area contributed by atoms with Crippen molar-refractivity contribution in [3.8, 4) is 22.6 Å². The smallest absolute Gasteiger partial charge is 0.183 e. The van der Waals surface area contributed by atoms with Gasteiger partial charge in [0.05, 0.1) is 30.1 Å². The molecule has 10 heteroatoms. The third-order valence-electron chi connectivity index (χ3n) is 7.22. The van der Waals surface area contributed by atoms with Crippen LogP contribution in [0.5, 0.6) is 0 Å². The van der Waals surface area contributed by atoms with Crippen LogP contribution in [0.3, 0.4) is 0 Å². The Labute approximate surface area is 220 Å². The Morgan fingerprint density at radius 1 is 1.13 bits per heavy atom. The van der Waals surface area contributed by atoms with E-state index in [1.54, 1.807) is 11.6 Å². The van der Waals surface area contributed by atoms with Gasteiger partial charge < -0.3 is 29.2 Å². The van der Waals surface area contributed by atoms with Gasteiger partial charge in [-0.3, -0.25) is 0 Å². The summed E-state index contributed by atoms with van der Waals surface area (Å²) in [4.78, 5) is 11.7. The lowest BCUT2D eigenvalue weighted by molar-refractivity contribution is -0.0600. The molecule has 0 amide bonds. The molecule has 2 N–H and O–H groups in total. The average molecular weight is 515 g/mol. The summed E-state index contributed by atoms with van der Waals surface area (Å²) in [5.74, 6) is 1.61. The second-order valence-corrected chi connectivity index (χ2v) is 9.58. The number of fused-ring (bicyclic) bond motifs is 2. The van der Waals surface area contributed by atoms with Crippen molar-refractivity contribution < 1.29 is 19.7 Å². The first kappa shape index (κ1) is 24.5. The Hall–Kier alpha value is -3.83. The van der Waals surface area contributed by atoms with E-state index in [2.05, 4.69) is 26.7 Å². The van der Waals surface area contributed by atoms with Crippen LogP contribution in [0.25, 0.3) is 28.3 Å². The lowest BCUT2D eigenvalue weighted by Gasteiger charge is -2.33. The number of anilines is 1. The highest BCUT2D eigenvalue weighted by atomic mass is 16.5. The van der Waals surface area contributed by atoms with Crippen LogP contribution >= 0.6 is 0 Å². The number of rotatable bonds is 7. The number of hydrogen-bond donors (Lipinski definition) is 2. The summed E-state index contributed by atoms with van der Waals surface area (Å²) in [6.07, 6.45) is 4.38. The second-order valence-electron chi connectivity index (χ2n) is 9.58. The van der Waals surface area contributed by atoms with Gasteiger partial charge in [-0.05, 0) is 24.1 Å². The fourth-order valence-corrected chi connectivity index (χ4v) is 5.27. The molecule has 3 aromatic rings. The molecule has 38 heavy (non-hydrogen) atoms. The number of pyridine rings is 1. The van der Waals surface area contributed by atoms with Crippen LogP contribution in [-0.2, 0) is 16.0 Å². The topological polar surface area (TPSA) is 110 Å². The number of aliphatic hydroxyl groups excluding tert-OH is 1. The molecule has 2 atom stereocenters. The maximum Gasteiger partial charge on any atom is 0.183 e. The highest BCUT2D eigenvalue weighted by molar-refractivity contribution is 5.82. The molecule has 10 nitrogen and oxygen atoms in total. The monoisotopic (exact) mass is 514 g/mol. The second kappa shape index (κ2) is 10.1. The molecule has 0 bridgehead atoms. The normalized spacial score (nSPS) is 18.0. The van der Waals surface area contributed by atoms with E-state index < -0.39 is 6.29 Å². The number of benzene rings is 1. The number of aliphatic hydroxyl groups is 2. The summed E-state index contributed by atoms with van der Waals surface area (Å²) in [5, 5.41) is 24.4. The quantitative estimate of drug-likeness (QED) is 0.319. The SMILES string of the molecule is CO[C@H]1COCC[C@@H]1n1cccc2c(-c3cc(N(C)Cc4ccccc4)n4ncc(C(O)O)c4n3)cnc1-2. The number of aromatic nitrogens is 5. The van der Waals surface area contributed by atoms with Crippen molar-refractivity contribution in [2.45, 2.75) is 31.4 Å². The van der Waals surface area contributed by atoms with Crippen LogP contribution < -0.4 is 4.90 Å². The summed E-state index contributed by atoms with van der Waals surface area (Å²) in [6.45, 7) is 1.85. The minimum Gasteiger partial charge on any atom is -0.379 e. The van der Waals surface area contributed by atoms with Crippen molar-refractivity contribution in [1.82, 2.24) is 24.1 Å². The van der Waals surface area contributed by atoms with Crippen LogP contribution in [0, 0.1) is 0 Å². The molecule has 0 saturated carbocycles. The van der Waals surface area contributed by atoms with Gasteiger partial charge in [0.1, 0.15) is 17.7 Å². The molecule has 5 heterocycles. The fourth-order valence-electron chi connectivity index (χ4n) is 5.27.